The van der Waals surface area contributed by atoms with Crippen LogP contribution in [-0.4, -0.2) is 46.8 Å². The Morgan fingerprint density at radius 2 is 1.84 bits per heavy atom. The van der Waals surface area contributed by atoms with E-state index in [4.69, 9.17) is 4.74 Å². The zero-order chi connectivity index (χ0) is 23.4. The van der Waals surface area contributed by atoms with Crippen molar-refractivity contribution in [3.8, 4) is 0 Å². The summed E-state index contributed by atoms with van der Waals surface area (Å²) >= 11 is 0. The number of hydrogen-bond acceptors (Lipinski definition) is 5. The van der Waals surface area contributed by atoms with Crippen LogP contribution >= 0.6 is 0 Å². The quantitative estimate of drug-likeness (QED) is 0.491. The van der Waals surface area contributed by atoms with Crippen molar-refractivity contribution in [1.82, 2.24) is 14.7 Å². The highest BCUT2D eigenvalue weighted by atomic mass is 16.5. The van der Waals surface area contributed by atoms with Gasteiger partial charge in [0.2, 0.25) is 5.91 Å². The van der Waals surface area contributed by atoms with Gasteiger partial charge < -0.3 is 15.0 Å². The van der Waals surface area contributed by atoms with Crippen LogP contribution in [0.3, 0.4) is 0 Å². The molecule has 7 heteroatoms. The van der Waals surface area contributed by atoms with Crippen molar-refractivity contribution in [2.75, 3.05) is 25.5 Å². The maximum absolute atomic E-state index is 13.0. The lowest BCUT2D eigenvalue weighted by atomic mass is 9.86. The molecular weight excluding hydrogens is 404 g/mol. The second-order valence-corrected chi connectivity index (χ2v) is 9.26. The summed E-state index contributed by atoms with van der Waals surface area (Å²) in [6.45, 7) is 9.55. The Labute approximate surface area is 191 Å². The largest absolute Gasteiger partial charge is 0.464 e. The normalized spacial score (nSPS) is 19.0. The summed E-state index contributed by atoms with van der Waals surface area (Å²) in [4.78, 5) is 26.9. The van der Waals surface area contributed by atoms with Crippen LogP contribution in [0.4, 0.5) is 5.69 Å². The van der Waals surface area contributed by atoms with Gasteiger partial charge in [-0.25, -0.2) is 0 Å². The van der Waals surface area contributed by atoms with Crippen molar-refractivity contribution in [3.05, 3.63) is 47.3 Å². The molecule has 1 saturated heterocycles. The van der Waals surface area contributed by atoms with Gasteiger partial charge in [-0.05, 0) is 29.4 Å². The van der Waals surface area contributed by atoms with Crippen LogP contribution in [0.5, 0.6) is 0 Å². The first-order chi connectivity index (χ1) is 15.2. The van der Waals surface area contributed by atoms with Crippen molar-refractivity contribution in [2.24, 2.45) is 13.0 Å². The molecule has 0 saturated carbocycles. The maximum atomic E-state index is 13.0. The predicted octanol–water partition coefficient (Wildman–Crippen LogP) is 4.23. The van der Waals surface area contributed by atoms with Gasteiger partial charge in [-0.3, -0.25) is 14.3 Å². The molecule has 1 aromatic heterocycles. The molecule has 2 heterocycles. The number of piperidine rings is 1. The first kappa shape index (κ1) is 23.8. The minimum atomic E-state index is -0.393. The summed E-state index contributed by atoms with van der Waals surface area (Å²) < 4.78 is 7.37. The third kappa shape index (κ3) is 5.14. The van der Waals surface area contributed by atoms with E-state index in [1.807, 2.05) is 13.2 Å². The van der Waals surface area contributed by atoms with Crippen LogP contribution in [-0.2, 0) is 21.4 Å². The number of ether oxygens (including phenoxy) is 1. The average molecular weight is 441 g/mol. The lowest BCUT2D eigenvalue weighted by molar-refractivity contribution is -0.155. The van der Waals surface area contributed by atoms with Gasteiger partial charge in [-0.15, -0.1) is 0 Å². The van der Waals surface area contributed by atoms with E-state index in [1.54, 1.807) is 22.8 Å². The highest BCUT2D eigenvalue weighted by Gasteiger charge is 2.40. The standard InChI is InChI=1S/C25H36N4O3/c1-16(2)19-8-7-9-20(17(3)4)23(19)26-12-13-32-25(31)21-10-11-22(30)29(6)24(21)18-14-27-28(5)15-18/h7-9,14-17,21,24,26H,10-13H2,1-6H3/t21-,24+/m1/s1. The van der Waals surface area contributed by atoms with Crippen molar-refractivity contribution in [1.29, 1.82) is 0 Å². The summed E-state index contributed by atoms with van der Waals surface area (Å²) in [6.07, 6.45) is 4.42. The van der Waals surface area contributed by atoms with Crippen molar-refractivity contribution < 1.29 is 14.3 Å². The monoisotopic (exact) mass is 440 g/mol. The lowest BCUT2D eigenvalue weighted by Gasteiger charge is -2.37. The fourth-order valence-corrected chi connectivity index (χ4v) is 4.52. The molecule has 0 unspecified atom stereocenters. The number of nitrogens with one attached hydrogen (secondary N) is 1. The third-order valence-corrected chi connectivity index (χ3v) is 6.25. The summed E-state index contributed by atoms with van der Waals surface area (Å²) in [7, 11) is 3.57. The minimum absolute atomic E-state index is 0.0380. The molecule has 1 fully saturated rings. The molecule has 0 bridgehead atoms. The Bertz CT molecular complexity index is 924. The molecule has 1 aliphatic heterocycles. The van der Waals surface area contributed by atoms with E-state index in [0.717, 1.165) is 11.3 Å². The molecule has 0 spiro atoms. The molecule has 7 nitrogen and oxygen atoms in total. The summed E-state index contributed by atoms with van der Waals surface area (Å²) in [5.41, 5.74) is 4.54. The number of hydrogen-bond donors (Lipinski definition) is 1. The Morgan fingerprint density at radius 1 is 1.19 bits per heavy atom. The Hall–Kier alpha value is -2.83. The molecule has 2 aromatic rings. The highest BCUT2D eigenvalue weighted by molar-refractivity contribution is 5.82. The fourth-order valence-electron chi connectivity index (χ4n) is 4.52. The Morgan fingerprint density at radius 3 is 2.41 bits per heavy atom. The van der Waals surface area contributed by atoms with Crippen molar-refractivity contribution >= 4 is 17.6 Å². The van der Waals surface area contributed by atoms with Crippen LogP contribution < -0.4 is 5.32 Å². The molecule has 32 heavy (non-hydrogen) atoms. The zero-order valence-electron chi connectivity index (χ0n) is 20.1. The molecule has 1 N–H and O–H groups in total. The van der Waals surface area contributed by atoms with E-state index in [2.05, 4.69) is 56.3 Å². The Balaban J connectivity index is 1.65. The molecule has 0 aliphatic carbocycles. The number of amides is 1. The first-order valence-electron chi connectivity index (χ1n) is 11.5. The predicted molar refractivity (Wildman–Crippen MR) is 126 cm³/mol. The van der Waals surface area contributed by atoms with E-state index < -0.39 is 5.92 Å². The van der Waals surface area contributed by atoms with Gasteiger partial charge in [0.15, 0.2) is 0 Å². The summed E-state index contributed by atoms with van der Waals surface area (Å²) in [5, 5.41) is 7.73. The van der Waals surface area contributed by atoms with Crippen molar-refractivity contribution in [3.63, 3.8) is 0 Å². The second-order valence-electron chi connectivity index (χ2n) is 9.26. The highest BCUT2D eigenvalue weighted by Crippen LogP contribution is 2.36. The number of benzene rings is 1. The molecule has 174 valence electrons. The molecule has 1 aliphatic rings. The number of nitrogens with zero attached hydrogens (tertiary/aromatic N) is 3. The molecule has 1 aromatic carbocycles. The van der Waals surface area contributed by atoms with E-state index in [-0.39, 0.29) is 24.5 Å². The van der Waals surface area contributed by atoms with Crippen molar-refractivity contribution in [2.45, 2.75) is 58.4 Å². The van der Waals surface area contributed by atoms with Crippen LogP contribution in [0, 0.1) is 5.92 Å². The van der Waals surface area contributed by atoms with Gasteiger partial charge in [0.1, 0.15) is 6.61 Å². The summed E-state index contributed by atoms with van der Waals surface area (Å²) in [6, 6.07) is 6.06. The zero-order valence-corrected chi connectivity index (χ0v) is 20.1. The molecule has 1 amide bonds. The van der Waals surface area contributed by atoms with Crippen LogP contribution in [0.2, 0.25) is 0 Å². The number of esters is 1. The molecule has 2 atom stereocenters. The van der Waals surface area contributed by atoms with Gasteiger partial charge >= 0.3 is 5.97 Å². The Kier molecular flexibility index (Phi) is 7.59. The second kappa shape index (κ2) is 10.2. The van der Waals surface area contributed by atoms with E-state index >= 15 is 0 Å². The van der Waals surface area contributed by atoms with Gasteiger partial charge in [0, 0.05) is 44.5 Å². The number of carbonyl (C=O) groups is 2. The molecule has 0 radical (unpaired) electrons. The van der Waals surface area contributed by atoms with Gasteiger partial charge in [0.05, 0.1) is 18.2 Å². The van der Waals surface area contributed by atoms with Gasteiger partial charge in [-0.1, -0.05) is 45.9 Å². The topological polar surface area (TPSA) is 76.5 Å². The fraction of sp³-hybridized carbons (Fsp3) is 0.560. The van der Waals surface area contributed by atoms with E-state index in [9.17, 15) is 9.59 Å². The van der Waals surface area contributed by atoms with E-state index in [1.165, 1.54) is 11.1 Å². The van der Waals surface area contributed by atoms with E-state index in [0.29, 0.717) is 31.2 Å². The molecule has 3 rings (SSSR count). The number of anilines is 1. The van der Waals surface area contributed by atoms with Crippen LogP contribution in [0.1, 0.15) is 75.1 Å². The number of rotatable bonds is 8. The number of likely N-dealkylation sites (tertiary alicyclic amines) is 1. The van der Waals surface area contributed by atoms with Gasteiger partial charge in [0.25, 0.3) is 0 Å². The SMILES string of the molecule is CC(C)c1cccc(C(C)C)c1NCCOC(=O)[C@@H]1CCC(=O)N(C)[C@H]1c1cnn(C)c1. The first-order valence-corrected chi connectivity index (χ1v) is 11.5. The molecular formula is C25H36N4O3. The third-order valence-electron chi connectivity index (χ3n) is 6.25. The lowest BCUT2D eigenvalue weighted by Crippen LogP contribution is -2.43. The van der Waals surface area contributed by atoms with Crippen LogP contribution in [0.25, 0.3) is 0 Å². The smallest absolute Gasteiger partial charge is 0.311 e. The number of carbonyl (C=O) groups excluding carboxylic acids is 2. The number of aromatic nitrogens is 2. The number of aryl methyl sites for hydroxylation is 1. The van der Waals surface area contributed by atoms with Gasteiger partial charge in [-0.2, -0.15) is 5.10 Å². The minimum Gasteiger partial charge on any atom is -0.464 e. The average Bonchev–Trinajstić information content (AvgIpc) is 3.18. The summed E-state index contributed by atoms with van der Waals surface area (Å²) in [5.74, 6) is 0.178. The maximum Gasteiger partial charge on any atom is 0.311 e. The number of para-hydroxylation sites is 1. The van der Waals surface area contributed by atoms with Crippen LogP contribution in [0.15, 0.2) is 30.6 Å².